The van der Waals surface area contributed by atoms with Gasteiger partial charge in [0.1, 0.15) is 0 Å². The summed E-state index contributed by atoms with van der Waals surface area (Å²) in [5.41, 5.74) is 6.25. The van der Waals surface area contributed by atoms with Gasteiger partial charge in [0.25, 0.3) is 0 Å². The Balaban J connectivity index is 1.61. The molecule has 0 bridgehead atoms. The zero-order valence-corrected chi connectivity index (χ0v) is 22.9. The molecule has 0 radical (unpaired) electrons. The molecule has 0 saturated carbocycles. The van der Waals surface area contributed by atoms with Crippen molar-refractivity contribution in [2.75, 3.05) is 9.80 Å². The van der Waals surface area contributed by atoms with Crippen molar-refractivity contribution < 1.29 is 5.11 Å². The molecule has 7 heteroatoms. The van der Waals surface area contributed by atoms with E-state index >= 15 is 0 Å². The van der Waals surface area contributed by atoms with E-state index in [4.69, 9.17) is 0 Å². The number of anilines is 2. The number of phenolic OH excluding ortho intramolecular Hbond substituents is 1. The van der Waals surface area contributed by atoms with Crippen LogP contribution in [-0.4, -0.2) is 25.0 Å². The van der Waals surface area contributed by atoms with E-state index in [1.807, 2.05) is 72.8 Å². The minimum Gasteiger partial charge on any atom is -0.504 e. The second-order valence-corrected chi connectivity index (χ2v) is 10.1. The molecule has 0 unspecified atom stereocenters. The van der Waals surface area contributed by atoms with E-state index in [2.05, 4.69) is 55.7 Å². The number of aromatic nitrogens is 4. The Kier molecular flexibility index (Phi) is 8.61. The standard InChI is InChI=1S/C33H34N6O/c1-25(2)26-19-31(38(21-27-11-3-7-15-34-27)22-28-12-4-8-16-35-28)33(40)32(20-26)39(23-29-13-5-9-17-36-29)24-30-14-6-10-18-37-30/h3-20,25,40H,21-24H2,1-2H3. The third kappa shape index (κ3) is 6.80. The summed E-state index contributed by atoms with van der Waals surface area (Å²) < 4.78 is 0. The first-order valence-corrected chi connectivity index (χ1v) is 13.5. The smallest absolute Gasteiger partial charge is 0.162 e. The first kappa shape index (κ1) is 26.8. The van der Waals surface area contributed by atoms with E-state index in [0.717, 1.165) is 39.7 Å². The van der Waals surface area contributed by atoms with Crippen molar-refractivity contribution in [2.24, 2.45) is 0 Å². The van der Waals surface area contributed by atoms with Gasteiger partial charge in [-0.05, 0) is 72.1 Å². The fourth-order valence-electron chi connectivity index (χ4n) is 4.64. The molecule has 0 fully saturated rings. The minimum atomic E-state index is 0.211. The van der Waals surface area contributed by atoms with Crippen LogP contribution in [-0.2, 0) is 26.2 Å². The molecule has 0 saturated heterocycles. The molecule has 0 atom stereocenters. The van der Waals surface area contributed by atoms with Gasteiger partial charge in [-0.15, -0.1) is 0 Å². The van der Waals surface area contributed by atoms with Crippen LogP contribution in [0.25, 0.3) is 0 Å². The second kappa shape index (κ2) is 12.8. The average molecular weight is 531 g/mol. The lowest BCUT2D eigenvalue weighted by atomic mass is 9.99. The van der Waals surface area contributed by atoms with Crippen LogP contribution in [0.4, 0.5) is 11.4 Å². The Morgan fingerprint density at radius 2 is 0.875 bits per heavy atom. The van der Waals surface area contributed by atoms with Crippen LogP contribution in [0.1, 0.15) is 48.1 Å². The normalized spacial score (nSPS) is 11.0. The van der Waals surface area contributed by atoms with Crippen LogP contribution >= 0.6 is 0 Å². The lowest BCUT2D eigenvalue weighted by Crippen LogP contribution is -2.26. The van der Waals surface area contributed by atoms with Crippen LogP contribution in [0, 0.1) is 0 Å². The van der Waals surface area contributed by atoms with Crippen molar-refractivity contribution in [3.05, 3.63) is 138 Å². The van der Waals surface area contributed by atoms with Crippen LogP contribution in [0.3, 0.4) is 0 Å². The maximum absolute atomic E-state index is 12.0. The molecule has 4 aromatic heterocycles. The Morgan fingerprint density at radius 1 is 0.550 bits per heavy atom. The number of phenols is 1. The van der Waals surface area contributed by atoms with Crippen molar-refractivity contribution in [1.29, 1.82) is 0 Å². The number of hydrogen-bond donors (Lipinski definition) is 1. The molecule has 0 aliphatic rings. The van der Waals surface area contributed by atoms with Gasteiger partial charge in [-0.25, -0.2) is 0 Å². The predicted molar refractivity (Wildman–Crippen MR) is 159 cm³/mol. The quantitative estimate of drug-likeness (QED) is 0.209. The number of pyridine rings is 4. The van der Waals surface area contributed by atoms with Crippen molar-refractivity contribution in [2.45, 2.75) is 45.9 Å². The third-order valence-corrected chi connectivity index (χ3v) is 6.76. The van der Waals surface area contributed by atoms with E-state index in [0.29, 0.717) is 26.2 Å². The van der Waals surface area contributed by atoms with Gasteiger partial charge in [-0.1, -0.05) is 38.1 Å². The van der Waals surface area contributed by atoms with Crippen LogP contribution < -0.4 is 9.80 Å². The van der Waals surface area contributed by atoms with Gasteiger partial charge in [0.15, 0.2) is 5.75 Å². The highest BCUT2D eigenvalue weighted by atomic mass is 16.3. The highest BCUT2D eigenvalue weighted by molar-refractivity contribution is 5.74. The Morgan fingerprint density at radius 3 is 1.12 bits per heavy atom. The average Bonchev–Trinajstić information content (AvgIpc) is 2.99. The molecule has 0 amide bonds. The zero-order chi connectivity index (χ0) is 27.7. The highest BCUT2D eigenvalue weighted by Crippen LogP contribution is 2.42. The fourth-order valence-corrected chi connectivity index (χ4v) is 4.64. The SMILES string of the molecule is CC(C)c1cc(N(Cc2ccccn2)Cc2ccccn2)c(O)c(N(Cc2ccccn2)Cc2ccccn2)c1. The molecule has 5 aromatic rings. The number of nitrogens with zero attached hydrogens (tertiary/aromatic N) is 6. The molecule has 202 valence electrons. The molecule has 1 N–H and O–H groups in total. The number of aromatic hydroxyl groups is 1. The van der Waals surface area contributed by atoms with E-state index in [1.165, 1.54) is 0 Å². The minimum absolute atomic E-state index is 0.211. The Bertz CT molecular complexity index is 1290. The van der Waals surface area contributed by atoms with Crippen LogP contribution in [0.5, 0.6) is 5.75 Å². The summed E-state index contributed by atoms with van der Waals surface area (Å²) >= 11 is 0. The summed E-state index contributed by atoms with van der Waals surface area (Å²) in [4.78, 5) is 22.6. The third-order valence-electron chi connectivity index (χ3n) is 6.76. The zero-order valence-electron chi connectivity index (χ0n) is 22.9. The summed E-state index contributed by atoms with van der Waals surface area (Å²) in [6.07, 6.45) is 7.19. The monoisotopic (exact) mass is 530 g/mol. The van der Waals surface area contributed by atoms with Crippen LogP contribution in [0.2, 0.25) is 0 Å². The van der Waals surface area contributed by atoms with E-state index in [-0.39, 0.29) is 11.7 Å². The number of rotatable bonds is 11. The molecular formula is C33H34N6O. The molecule has 5 rings (SSSR count). The summed E-state index contributed by atoms with van der Waals surface area (Å²) in [7, 11) is 0. The molecule has 40 heavy (non-hydrogen) atoms. The van der Waals surface area contributed by atoms with Crippen molar-refractivity contribution in [1.82, 2.24) is 19.9 Å². The molecule has 0 spiro atoms. The largest absolute Gasteiger partial charge is 0.504 e. The number of hydrogen-bond acceptors (Lipinski definition) is 7. The second-order valence-electron chi connectivity index (χ2n) is 10.1. The van der Waals surface area contributed by atoms with Gasteiger partial charge in [0.05, 0.1) is 60.3 Å². The number of benzene rings is 1. The van der Waals surface area contributed by atoms with Gasteiger partial charge in [-0.2, -0.15) is 0 Å². The molecule has 1 aromatic carbocycles. The molecule has 4 heterocycles. The maximum Gasteiger partial charge on any atom is 0.162 e. The van der Waals surface area contributed by atoms with Crippen molar-refractivity contribution in [3.63, 3.8) is 0 Å². The Labute approximate surface area is 235 Å². The first-order chi connectivity index (χ1) is 19.6. The lowest BCUT2D eigenvalue weighted by molar-refractivity contribution is 0.470. The summed E-state index contributed by atoms with van der Waals surface area (Å²) in [5, 5.41) is 12.0. The van der Waals surface area contributed by atoms with Crippen molar-refractivity contribution in [3.8, 4) is 5.75 Å². The van der Waals surface area contributed by atoms with E-state index in [1.54, 1.807) is 24.8 Å². The summed E-state index contributed by atoms with van der Waals surface area (Å²) in [6.45, 7) is 6.42. The Hall–Kier alpha value is -4.78. The van der Waals surface area contributed by atoms with Crippen molar-refractivity contribution >= 4 is 11.4 Å². The predicted octanol–water partition coefficient (Wildman–Crippen LogP) is 6.51. The summed E-state index contributed by atoms with van der Waals surface area (Å²) in [6, 6.07) is 27.8. The first-order valence-electron chi connectivity index (χ1n) is 13.5. The fraction of sp³-hybridized carbons (Fsp3) is 0.212. The molecule has 0 aliphatic carbocycles. The van der Waals surface area contributed by atoms with Gasteiger partial charge >= 0.3 is 0 Å². The van der Waals surface area contributed by atoms with Gasteiger partial charge in [0.2, 0.25) is 0 Å². The molecule has 0 aliphatic heterocycles. The molecular weight excluding hydrogens is 496 g/mol. The van der Waals surface area contributed by atoms with Gasteiger partial charge < -0.3 is 14.9 Å². The van der Waals surface area contributed by atoms with E-state index in [9.17, 15) is 5.11 Å². The van der Waals surface area contributed by atoms with E-state index < -0.39 is 0 Å². The van der Waals surface area contributed by atoms with Gasteiger partial charge in [-0.3, -0.25) is 19.9 Å². The maximum atomic E-state index is 12.0. The molecule has 7 nitrogen and oxygen atoms in total. The topological polar surface area (TPSA) is 78.3 Å². The van der Waals surface area contributed by atoms with Crippen LogP contribution in [0.15, 0.2) is 110 Å². The van der Waals surface area contributed by atoms with Gasteiger partial charge in [0, 0.05) is 24.8 Å². The highest BCUT2D eigenvalue weighted by Gasteiger charge is 2.23. The lowest BCUT2D eigenvalue weighted by Gasteiger charge is -2.31. The summed E-state index contributed by atoms with van der Waals surface area (Å²) in [5.74, 6) is 0.458.